The Morgan fingerprint density at radius 3 is 2.00 bits per heavy atom. The summed E-state index contributed by atoms with van der Waals surface area (Å²) in [6.45, 7) is 0. The van der Waals surface area contributed by atoms with Crippen LogP contribution in [0.2, 0.25) is 0 Å². The van der Waals surface area contributed by atoms with E-state index in [1.54, 1.807) is 0 Å². The Hall–Kier alpha value is -4.92. The monoisotopic (exact) mass is 555 g/mol. The van der Waals surface area contributed by atoms with E-state index < -0.39 is 0 Å². The van der Waals surface area contributed by atoms with Crippen LogP contribution in [0, 0.1) is 0 Å². The van der Waals surface area contributed by atoms with Gasteiger partial charge in [0.15, 0.2) is 0 Å². The first-order valence-corrected chi connectivity index (χ1v) is 15.4. The molecule has 0 N–H and O–H groups in total. The van der Waals surface area contributed by atoms with Crippen molar-refractivity contribution in [2.24, 2.45) is 0 Å². The Morgan fingerprint density at radius 1 is 0.524 bits per heavy atom. The maximum absolute atomic E-state index is 2.39. The molecule has 42 heavy (non-hydrogen) atoms. The third-order valence-electron chi connectivity index (χ3n) is 8.34. The molecule has 0 amide bonds. The summed E-state index contributed by atoms with van der Waals surface area (Å²) < 4.78 is 2.69. The SMILES string of the molecule is C1=Cc2ccc(N(c3ccc(-c4ccccc4)cc3)c3ccc(-c4cccc5c4sc4ccccc45)cc3)cc2CC1. The van der Waals surface area contributed by atoms with Gasteiger partial charge < -0.3 is 4.90 Å². The molecule has 0 unspecified atom stereocenters. The number of fused-ring (bicyclic) bond motifs is 4. The number of benzene rings is 6. The minimum Gasteiger partial charge on any atom is -0.310 e. The lowest BCUT2D eigenvalue weighted by molar-refractivity contribution is 0.984. The van der Waals surface area contributed by atoms with Gasteiger partial charge in [-0.25, -0.2) is 0 Å². The van der Waals surface area contributed by atoms with Crippen molar-refractivity contribution in [2.45, 2.75) is 12.8 Å². The molecule has 1 aliphatic carbocycles. The smallest absolute Gasteiger partial charge is 0.0464 e. The molecule has 0 aliphatic heterocycles. The molecule has 0 saturated heterocycles. The molecule has 1 nitrogen and oxygen atoms in total. The molecule has 1 aliphatic rings. The molecule has 0 fully saturated rings. The van der Waals surface area contributed by atoms with Crippen LogP contribution in [0.4, 0.5) is 17.1 Å². The normalized spacial score (nSPS) is 12.5. The van der Waals surface area contributed by atoms with E-state index in [4.69, 9.17) is 0 Å². The molecular formula is C40H29NS. The van der Waals surface area contributed by atoms with E-state index in [9.17, 15) is 0 Å². The number of thiophene rings is 1. The minimum absolute atomic E-state index is 1.08. The van der Waals surface area contributed by atoms with Crippen molar-refractivity contribution in [1.29, 1.82) is 0 Å². The van der Waals surface area contributed by atoms with Gasteiger partial charge in [-0.2, -0.15) is 0 Å². The Bertz CT molecular complexity index is 2070. The first-order chi connectivity index (χ1) is 20.8. The van der Waals surface area contributed by atoms with Crippen LogP contribution in [0.15, 0.2) is 146 Å². The number of anilines is 3. The predicted octanol–water partition coefficient (Wildman–Crippen LogP) is 11.8. The van der Waals surface area contributed by atoms with Gasteiger partial charge in [0.05, 0.1) is 0 Å². The maximum atomic E-state index is 2.39. The highest BCUT2D eigenvalue weighted by Crippen LogP contribution is 2.42. The second-order valence-corrected chi connectivity index (χ2v) is 12.0. The third kappa shape index (κ3) is 4.41. The number of aryl methyl sites for hydroxylation is 1. The Balaban J connectivity index is 1.21. The molecule has 0 spiro atoms. The van der Waals surface area contributed by atoms with Crippen molar-refractivity contribution in [1.82, 2.24) is 0 Å². The van der Waals surface area contributed by atoms with E-state index in [1.807, 2.05) is 11.3 Å². The zero-order valence-corrected chi connectivity index (χ0v) is 24.0. The molecule has 0 radical (unpaired) electrons. The Morgan fingerprint density at radius 2 is 1.19 bits per heavy atom. The number of rotatable bonds is 5. The lowest BCUT2D eigenvalue weighted by Gasteiger charge is -2.27. The minimum atomic E-state index is 1.08. The second-order valence-electron chi connectivity index (χ2n) is 10.9. The fraction of sp³-hybridized carbons (Fsp3) is 0.0500. The first kappa shape index (κ1) is 24.8. The summed E-state index contributed by atoms with van der Waals surface area (Å²) >= 11 is 1.88. The molecule has 0 atom stereocenters. The lowest BCUT2D eigenvalue weighted by atomic mass is 9.96. The highest BCUT2D eigenvalue weighted by molar-refractivity contribution is 7.26. The average Bonchev–Trinajstić information content (AvgIpc) is 3.45. The molecule has 200 valence electrons. The van der Waals surface area contributed by atoms with Crippen LogP contribution in [0.5, 0.6) is 0 Å². The van der Waals surface area contributed by atoms with Crippen LogP contribution in [0.25, 0.3) is 48.5 Å². The van der Waals surface area contributed by atoms with Crippen LogP contribution in [-0.2, 0) is 6.42 Å². The summed E-state index contributed by atoms with van der Waals surface area (Å²) in [4.78, 5) is 2.39. The van der Waals surface area contributed by atoms with Gasteiger partial charge in [0.25, 0.3) is 0 Å². The summed E-state index contributed by atoms with van der Waals surface area (Å²) in [6, 6.07) is 50.9. The Labute approximate surface area is 250 Å². The fourth-order valence-electron chi connectivity index (χ4n) is 6.20. The Kier molecular flexibility index (Phi) is 6.20. The van der Waals surface area contributed by atoms with Gasteiger partial charge in [-0.1, -0.05) is 109 Å². The van der Waals surface area contributed by atoms with E-state index in [0.717, 1.165) is 24.2 Å². The second kappa shape index (κ2) is 10.5. The van der Waals surface area contributed by atoms with Crippen LogP contribution in [-0.4, -0.2) is 0 Å². The van der Waals surface area contributed by atoms with Crippen LogP contribution >= 0.6 is 11.3 Å². The lowest BCUT2D eigenvalue weighted by Crippen LogP contribution is -2.11. The van der Waals surface area contributed by atoms with Crippen molar-refractivity contribution >= 4 is 54.6 Å². The van der Waals surface area contributed by atoms with Crippen molar-refractivity contribution in [3.63, 3.8) is 0 Å². The number of hydrogen-bond acceptors (Lipinski definition) is 2. The molecule has 0 bridgehead atoms. The highest BCUT2D eigenvalue weighted by atomic mass is 32.1. The fourth-order valence-corrected chi connectivity index (χ4v) is 7.44. The zero-order valence-electron chi connectivity index (χ0n) is 23.2. The summed E-state index contributed by atoms with van der Waals surface area (Å²) in [5.74, 6) is 0. The molecular weight excluding hydrogens is 527 g/mol. The van der Waals surface area contributed by atoms with Crippen molar-refractivity contribution in [2.75, 3.05) is 4.90 Å². The van der Waals surface area contributed by atoms with Crippen molar-refractivity contribution in [3.8, 4) is 22.3 Å². The van der Waals surface area contributed by atoms with Gasteiger partial charge in [0.2, 0.25) is 0 Å². The van der Waals surface area contributed by atoms with Gasteiger partial charge in [0.1, 0.15) is 0 Å². The van der Waals surface area contributed by atoms with E-state index in [1.165, 1.54) is 59.2 Å². The van der Waals surface area contributed by atoms with Gasteiger partial charge in [-0.15, -0.1) is 11.3 Å². The zero-order chi connectivity index (χ0) is 27.9. The van der Waals surface area contributed by atoms with E-state index in [-0.39, 0.29) is 0 Å². The van der Waals surface area contributed by atoms with Gasteiger partial charge in [-0.05, 0) is 88.7 Å². The molecule has 1 aromatic heterocycles. The largest absolute Gasteiger partial charge is 0.310 e. The van der Waals surface area contributed by atoms with Crippen molar-refractivity contribution < 1.29 is 0 Å². The molecule has 7 aromatic rings. The molecule has 1 heterocycles. The number of nitrogens with zero attached hydrogens (tertiary/aromatic N) is 1. The molecule has 0 saturated carbocycles. The number of allylic oxidation sites excluding steroid dienone is 1. The average molecular weight is 556 g/mol. The van der Waals surface area contributed by atoms with Crippen molar-refractivity contribution in [3.05, 3.63) is 157 Å². The molecule has 8 rings (SSSR count). The van der Waals surface area contributed by atoms with Crippen LogP contribution < -0.4 is 4.90 Å². The maximum Gasteiger partial charge on any atom is 0.0464 e. The van der Waals surface area contributed by atoms with Gasteiger partial charge in [0, 0.05) is 37.2 Å². The van der Waals surface area contributed by atoms with Crippen LogP contribution in [0.3, 0.4) is 0 Å². The van der Waals surface area contributed by atoms with Crippen LogP contribution in [0.1, 0.15) is 17.5 Å². The predicted molar refractivity (Wildman–Crippen MR) is 182 cm³/mol. The quantitative estimate of drug-likeness (QED) is 0.204. The van der Waals surface area contributed by atoms with Gasteiger partial charge in [-0.3, -0.25) is 0 Å². The van der Waals surface area contributed by atoms with E-state index in [0.29, 0.717) is 0 Å². The molecule has 6 aromatic carbocycles. The first-order valence-electron chi connectivity index (χ1n) is 14.6. The number of hydrogen-bond donors (Lipinski definition) is 0. The van der Waals surface area contributed by atoms with E-state index >= 15 is 0 Å². The summed E-state index contributed by atoms with van der Waals surface area (Å²) in [5.41, 5.74) is 11.2. The standard InChI is InChI=1S/C40H29NS/c1-2-9-28(10-3-1)30-17-22-33(23-18-30)41(35-26-19-29-11-4-5-12-32(29)27-35)34-24-20-31(21-25-34)36-14-8-15-38-37-13-6-7-16-39(37)42-40(36)38/h1-4,6-11,13-27H,5,12H2. The molecule has 2 heteroatoms. The summed E-state index contributed by atoms with van der Waals surface area (Å²) in [7, 11) is 0. The topological polar surface area (TPSA) is 3.24 Å². The third-order valence-corrected chi connectivity index (χ3v) is 9.56. The van der Waals surface area contributed by atoms with Gasteiger partial charge >= 0.3 is 0 Å². The summed E-state index contributed by atoms with van der Waals surface area (Å²) in [6.07, 6.45) is 6.71. The highest BCUT2D eigenvalue weighted by Gasteiger charge is 2.16. The van der Waals surface area contributed by atoms with E-state index in [2.05, 4.69) is 157 Å². The summed E-state index contributed by atoms with van der Waals surface area (Å²) in [5, 5.41) is 2.67.